The molecule has 0 fully saturated rings. The molecule has 0 heterocycles. The minimum atomic E-state index is 0.0109. The predicted molar refractivity (Wildman–Crippen MR) is 69.8 cm³/mol. The lowest BCUT2D eigenvalue weighted by Gasteiger charge is -2.18. The fraction of sp³-hybridized carbons (Fsp3) is 0.0769. The highest BCUT2D eigenvalue weighted by Crippen LogP contribution is 2.27. The van der Waals surface area contributed by atoms with Crippen LogP contribution in [0.5, 0.6) is 0 Å². The van der Waals surface area contributed by atoms with Crippen molar-refractivity contribution in [2.75, 3.05) is 0 Å². The number of rotatable bonds is 3. The normalized spacial score (nSPS) is 12.4. The SMILES string of the molecule is NN[C@@H](c1ccccc1)c1ccccc1Br. The lowest BCUT2D eigenvalue weighted by Crippen LogP contribution is -2.29. The lowest BCUT2D eigenvalue weighted by atomic mass is 9.99. The molecule has 2 nitrogen and oxygen atoms in total. The van der Waals surface area contributed by atoms with Crippen molar-refractivity contribution >= 4 is 15.9 Å². The van der Waals surface area contributed by atoms with E-state index in [0.717, 1.165) is 15.6 Å². The third-order valence-electron chi connectivity index (χ3n) is 2.52. The topological polar surface area (TPSA) is 38.0 Å². The first-order valence-corrected chi connectivity index (χ1v) is 5.87. The van der Waals surface area contributed by atoms with Crippen LogP contribution >= 0.6 is 15.9 Å². The van der Waals surface area contributed by atoms with Gasteiger partial charge in [0.1, 0.15) is 0 Å². The Morgan fingerprint density at radius 1 is 0.938 bits per heavy atom. The number of hydrazine groups is 1. The van der Waals surface area contributed by atoms with Crippen molar-refractivity contribution in [3.63, 3.8) is 0 Å². The van der Waals surface area contributed by atoms with Crippen LogP contribution in [-0.4, -0.2) is 0 Å². The highest BCUT2D eigenvalue weighted by Gasteiger charge is 2.13. The Bertz CT molecular complexity index is 456. The van der Waals surface area contributed by atoms with Gasteiger partial charge in [-0.3, -0.25) is 5.84 Å². The highest BCUT2D eigenvalue weighted by atomic mass is 79.9. The van der Waals surface area contributed by atoms with Gasteiger partial charge in [-0.2, -0.15) is 0 Å². The van der Waals surface area contributed by atoms with E-state index in [4.69, 9.17) is 5.84 Å². The summed E-state index contributed by atoms with van der Waals surface area (Å²) < 4.78 is 1.06. The monoisotopic (exact) mass is 276 g/mol. The van der Waals surface area contributed by atoms with Crippen LogP contribution in [0.3, 0.4) is 0 Å². The summed E-state index contributed by atoms with van der Waals surface area (Å²) in [5, 5.41) is 0. The number of halogens is 1. The Labute approximate surface area is 104 Å². The van der Waals surface area contributed by atoms with E-state index in [9.17, 15) is 0 Å². The van der Waals surface area contributed by atoms with Crippen molar-refractivity contribution in [3.8, 4) is 0 Å². The molecule has 0 saturated carbocycles. The highest BCUT2D eigenvalue weighted by molar-refractivity contribution is 9.10. The molecule has 0 radical (unpaired) electrons. The summed E-state index contributed by atoms with van der Waals surface area (Å²) in [5.74, 6) is 5.63. The molecule has 1 atom stereocenters. The van der Waals surface area contributed by atoms with Gasteiger partial charge in [0, 0.05) is 4.47 Å². The van der Waals surface area contributed by atoms with Crippen LogP contribution in [0, 0.1) is 0 Å². The zero-order valence-electron chi connectivity index (χ0n) is 8.73. The molecule has 3 heteroatoms. The Balaban J connectivity index is 2.41. The Kier molecular flexibility index (Phi) is 3.72. The van der Waals surface area contributed by atoms with E-state index in [2.05, 4.69) is 39.6 Å². The van der Waals surface area contributed by atoms with Crippen LogP contribution in [0.2, 0.25) is 0 Å². The summed E-state index contributed by atoms with van der Waals surface area (Å²) in [4.78, 5) is 0. The van der Waals surface area contributed by atoms with Crippen LogP contribution in [0.4, 0.5) is 0 Å². The van der Waals surface area contributed by atoms with Gasteiger partial charge in [-0.25, -0.2) is 5.43 Å². The fourth-order valence-corrected chi connectivity index (χ4v) is 2.23. The predicted octanol–water partition coefficient (Wildman–Crippen LogP) is 3.00. The summed E-state index contributed by atoms with van der Waals surface area (Å²) >= 11 is 3.54. The van der Waals surface area contributed by atoms with Gasteiger partial charge in [-0.05, 0) is 17.2 Å². The van der Waals surface area contributed by atoms with Gasteiger partial charge in [0.25, 0.3) is 0 Å². The molecular formula is C13H13BrN2. The molecule has 0 amide bonds. The molecule has 2 rings (SSSR count). The van der Waals surface area contributed by atoms with Crippen molar-refractivity contribution in [3.05, 3.63) is 70.2 Å². The first-order chi connectivity index (χ1) is 7.83. The molecular weight excluding hydrogens is 264 g/mol. The second kappa shape index (κ2) is 5.25. The maximum atomic E-state index is 5.63. The molecule has 2 aromatic carbocycles. The standard InChI is InChI=1S/C13H13BrN2/c14-12-9-5-4-8-11(12)13(16-15)10-6-2-1-3-7-10/h1-9,13,16H,15H2/t13-/m0/s1. The fourth-order valence-electron chi connectivity index (χ4n) is 1.72. The zero-order chi connectivity index (χ0) is 11.4. The minimum Gasteiger partial charge on any atom is -0.271 e. The Hall–Kier alpha value is -1.16. The molecule has 0 aliphatic rings. The molecule has 3 N–H and O–H groups in total. The Morgan fingerprint density at radius 2 is 1.56 bits per heavy atom. The van der Waals surface area contributed by atoms with Gasteiger partial charge < -0.3 is 0 Å². The maximum absolute atomic E-state index is 5.63. The average molecular weight is 277 g/mol. The van der Waals surface area contributed by atoms with Crippen molar-refractivity contribution in [2.45, 2.75) is 6.04 Å². The van der Waals surface area contributed by atoms with Crippen molar-refractivity contribution in [1.29, 1.82) is 0 Å². The molecule has 0 aromatic heterocycles. The molecule has 16 heavy (non-hydrogen) atoms. The number of benzene rings is 2. The van der Waals surface area contributed by atoms with Gasteiger partial charge in [-0.1, -0.05) is 64.5 Å². The number of nitrogens with one attached hydrogen (secondary N) is 1. The molecule has 0 aliphatic heterocycles. The Morgan fingerprint density at radius 3 is 2.19 bits per heavy atom. The van der Waals surface area contributed by atoms with E-state index in [1.807, 2.05) is 36.4 Å². The average Bonchev–Trinajstić information content (AvgIpc) is 2.34. The van der Waals surface area contributed by atoms with Gasteiger partial charge >= 0.3 is 0 Å². The lowest BCUT2D eigenvalue weighted by molar-refractivity contribution is 0.634. The van der Waals surface area contributed by atoms with Gasteiger partial charge in [0.05, 0.1) is 6.04 Å². The quantitative estimate of drug-likeness (QED) is 0.668. The third-order valence-corrected chi connectivity index (χ3v) is 3.24. The van der Waals surface area contributed by atoms with Crippen molar-refractivity contribution in [2.24, 2.45) is 5.84 Å². The number of nitrogens with two attached hydrogens (primary N) is 1. The van der Waals surface area contributed by atoms with E-state index < -0.39 is 0 Å². The second-order valence-electron chi connectivity index (χ2n) is 3.53. The second-order valence-corrected chi connectivity index (χ2v) is 4.39. The maximum Gasteiger partial charge on any atom is 0.0721 e. The smallest absolute Gasteiger partial charge is 0.0721 e. The molecule has 2 aromatic rings. The molecule has 0 saturated heterocycles. The van der Waals surface area contributed by atoms with Crippen LogP contribution in [0.25, 0.3) is 0 Å². The van der Waals surface area contributed by atoms with E-state index in [1.165, 1.54) is 0 Å². The summed E-state index contributed by atoms with van der Waals surface area (Å²) in [6.45, 7) is 0. The summed E-state index contributed by atoms with van der Waals surface area (Å²) in [6, 6.07) is 18.2. The minimum absolute atomic E-state index is 0.0109. The van der Waals surface area contributed by atoms with E-state index in [0.29, 0.717) is 0 Å². The largest absolute Gasteiger partial charge is 0.271 e. The van der Waals surface area contributed by atoms with E-state index in [-0.39, 0.29) is 6.04 Å². The number of hydrogen-bond acceptors (Lipinski definition) is 2. The van der Waals surface area contributed by atoms with Crippen LogP contribution < -0.4 is 11.3 Å². The summed E-state index contributed by atoms with van der Waals surface area (Å²) in [5.41, 5.74) is 5.13. The number of hydrogen-bond donors (Lipinski definition) is 2. The zero-order valence-corrected chi connectivity index (χ0v) is 10.3. The first-order valence-electron chi connectivity index (χ1n) is 5.08. The molecule has 82 valence electrons. The van der Waals surface area contributed by atoms with Crippen molar-refractivity contribution in [1.82, 2.24) is 5.43 Å². The van der Waals surface area contributed by atoms with Crippen LogP contribution in [-0.2, 0) is 0 Å². The van der Waals surface area contributed by atoms with Crippen LogP contribution in [0.15, 0.2) is 59.1 Å². The molecule has 0 spiro atoms. The van der Waals surface area contributed by atoms with E-state index >= 15 is 0 Å². The summed E-state index contributed by atoms with van der Waals surface area (Å²) in [6.07, 6.45) is 0. The molecule has 0 unspecified atom stereocenters. The molecule has 0 bridgehead atoms. The van der Waals surface area contributed by atoms with E-state index in [1.54, 1.807) is 0 Å². The van der Waals surface area contributed by atoms with Crippen LogP contribution in [0.1, 0.15) is 17.2 Å². The summed E-state index contributed by atoms with van der Waals surface area (Å²) in [7, 11) is 0. The van der Waals surface area contributed by atoms with Gasteiger partial charge in [0.2, 0.25) is 0 Å². The molecule has 0 aliphatic carbocycles. The van der Waals surface area contributed by atoms with Gasteiger partial charge in [-0.15, -0.1) is 0 Å². The third kappa shape index (κ3) is 2.32. The van der Waals surface area contributed by atoms with Gasteiger partial charge in [0.15, 0.2) is 0 Å². The first kappa shape index (κ1) is 11.3. The van der Waals surface area contributed by atoms with Crippen molar-refractivity contribution < 1.29 is 0 Å².